The molecule has 0 aromatic carbocycles. The summed E-state index contributed by atoms with van der Waals surface area (Å²) in [6, 6.07) is -0.862. The van der Waals surface area contributed by atoms with Gasteiger partial charge < -0.3 is 20.9 Å². The Morgan fingerprint density at radius 2 is 2.23 bits per heavy atom. The van der Waals surface area contributed by atoms with Crippen LogP contribution < -0.4 is 11.1 Å². The summed E-state index contributed by atoms with van der Waals surface area (Å²) in [5, 5.41) is 10.8. The minimum absolute atomic E-state index is 0.333. The molecule has 0 heterocycles. The van der Waals surface area contributed by atoms with Crippen molar-refractivity contribution in [1.82, 2.24) is 5.32 Å². The summed E-state index contributed by atoms with van der Waals surface area (Å²) in [7, 11) is 1.26. The van der Waals surface area contributed by atoms with E-state index in [1.807, 2.05) is 0 Å². The Hall–Kier alpha value is -1.30. The Bertz CT molecular complexity index is 183. The maximum Gasteiger partial charge on any atom is 0.406 e. The van der Waals surface area contributed by atoms with Gasteiger partial charge in [-0.2, -0.15) is 0 Å². The van der Waals surface area contributed by atoms with Gasteiger partial charge in [0.2, 0.25) is 0 Å². The molecular weight excluding hydrogens is 176 g/mol. The molecule has 0 aliphatic heterocycles. The topological polar surface area (TPSA) is 102 Å². The normalized spacial score (nSPS) is 11.8. The van der Waals surface area contributed by atoms with Crippen LogP contribution in [0.4, 0.5) is 4.79 Å². The summed E-state index contributed by atoms with van der Waals surface area (Å²) >= 11 is 0. The predicted octanol–water partition coefficient (Wildman–Crippen LogP) is -0.465. The van der Waals surface area contributed by atoms with Crippen LogP contribution in [0.5, 0.6) is 0 Å². The number of rotatable bonds is 5. The van der Waals surface area contributed by atoms with Crippen LogP contribution >= 0.6 is 0 Å². The van der Waals surface area contributed by atoms with Crippen LogP contribution in [0.2, 0.25) is 0 Å². The molecule has 0 saturated carbocycles. The summed E-state index contributed by atoms with van der Waals surface area (Å²) in [5.41, 5.74) is 5.22. The fourth-order valence-corrected chi connectivity index (χ4v) is 0.708. The van der Waals surface area contributed by atoms with Gasteiger partial charge in [0.25, 0.3) is 0 Å². The van der Waals surface area contributed by atoms with E-state index in [4.69, 9.17) is 10.8 Å². The van der Waals surface area contributed by atoms with Gasteiger partial charge in [0.1, 0.15) is 6.04 Å². The van der Waals surface area contributed by atoms with Gasteiger partial charge in [-0.1, -0.05) is 0 Å². The number of carbonyl (C=O) groups is 2. The van der Waals surface area contributed by atoms with Crippen LogP contribution in [-0.2, 0) is 9.53 Å². The molecule has 0 spiro atoms. The van der Waals surface area contributed by atoms with Crippen molar-refractivity contribution in [3.05, 3.63) is 0 Å². The van der Waals surface area contributed by atoms with Gasteiger partial charge >= 0.3 is 12.1 Å². The van der Waals surface area contributed by atoms with E-state index in [1.165, 1.54) is 7.11 Å². The number of hydrogen-bond acceptors (Lipinski definition) is 4. The number of ether oxygens (including phenoxy) is 1. The molecule has 1 atom stereocenters. The highest BCUT2D eigenvalue weighted by Gasteiger charge is 2.10. The number of nitrogens with one attached hydrogen (secondary N) is 1. The van der Waals surface area contributed by atoms with Crippen LogP contribution in [0, 0.1) is 0 Å². The van der Waals surface area contributed by atoms with Gasteiger partial charge in [0.05, 0.1) is 7.11 Å². The third-order valence-corrected chi connectivity index (χ3v) is 1.46. The SMILES string of the molecule is COC(=O)NCCCC(N)C(=O)O. The molecule has 0 rings (SSSR count). The van der Waals surface area contributed by atoms with Crippen molar-refractivity contribution in [2.45, 2.75) is 18.9 Å². The molecule has 0 radical (unpaired) electrons. The number of nitrogens with two attached hydrogens (primary N) is 1. The lowest BCUT2D eigenvalue weighted by Gasteiger charge is -2.06. The highest BCUT2D eigenvalue weighted by Crippen LogP contribution is 1.92. The first kappa shape index (κ1) is 11.7. The standard InChI is InChI=1S/C7H14N2O4/c1-13-7(12)9-4-2-3-5(8)6(10)11/h5H,2-4,8H2,1H3,(H,9,12)(H,10,11). The lowest BCUT2D eigenvalue weighted by Crippen LogP contribution is -2.32. The third kappa shape index (κ3) is 5.92. The number of carboxylic acid groups (broad SMARTS) is 1. The molecule has 0 fully saturated rings. The van der Waals surface area contributed by atoms with Crippen LogP contribution in [0.3, 0.4) is 0 Å². The molecule has 0 aromatic rings. The summed E-state index contributed by atoms with van der Waals surface area (Å²) < 4.78 is 4.31. The summed E-state index contributed by atoms with van der Waals surface area (Å²) in [6.45, 7) is 0.369. The van der Waals surface area contributed by atoms with Gasteiger partial charge in [-0.05, 0) is 12.8 Å². The van der Waals surface area contributed by atoms with E-state index < -0.39 is 18.1 Å². The summed E-state index contributed by atoms with van der Waals surface area (Å²) in [5.74, 6) is -1.03. The highest BCUT2D eigenvalue weighted by atomic mass is 16.5. The number of hydrogen-bond donors (Lipinski definition) is 3. The van der Waals surface area contributed by atoms with E-state index in [-0.39, 0.29) is 0 Å². The molecule has 0 aliphatic carbocycles. The molecule has 0 saturated heterocycles. The van der Waals surface area contributed by atoms with Crippen molar-refractivity contribution in [1.29, 1.82) is 0 Å². The van der Waals surface area contributed by atoms with E-state index in [0.717, 1.165) is 0 Å². The van der Waals surface area contributed by atoms with Crippen molar-refractivity contribution in [2.75, 3.05) is 13.7 Å². The van der Waals surface area contributed by atoms with Gasteiger partial charge in [-0.15, -0.1) is 0 Å². The average Bonchev–Trinajstić information content (AvgIpc) is 2.11. The van der Waals surface area contributed by atoms with E-state index in [1.54, 1.807) is 0 Å². The second-order valence-electron chi connectivity index (χ2n) is 2.51. The minimum atomic E-state index is -1.03. The fourth-order valence-electron chi connectivity index (χ4n) is 0.708. The number of carboxylic acids is 1. The lowest BCUT2D eigenvalue weighted by molar-refractivity contribution is -0.138. The second-order valence-corrected chi connectivity index (χ2v) is 2.51. The minimum Gasteiger partial charge on any atom is -0.480 e. The Labute approximate surface area is 76.0 Å². The molecule has 6 nitrogen and oxygen atoms in total. The predicted molar refractivity (Wildman–Crippen MR) is 45.3 cm³/mol. The van der Waals surface area contributed by atoms with Crippen LogP contribution in [0.1, 0.15) is 12.8 Å². The Kier molecular flexibility index (Phi) is 5.62. The van der Waals surface area contributed by atoms with Crippen LogP contribution in [-0.4, -0.2) is 36.9 Å². The van der Waals surface area contributed by atoms with Crippen molar-refractivity contribution in [3.8, 4) is 0 Å². The molecule has 76 valence electrons. The maximum atomic E-state index is 10.5. The van der Waals surface area contributed by atoms with Gasteiger partial charge in [-0.3, -0.25) is 4.79 Å². The Morgan fingerprint density at radius 1 is 1.62 bits per heavy atom. The third-order valence-electron chi connectivity index (χ3n) is 1.46. The Balaban J connectivity index is 3.35. The molecule has 4 N–H and O–H groups in total. The van der Waals surface area contributed by atoms with Crippen molar-refractivity contribution >= 4 is 12.1 Å². The molecule has 0 bridgehead atoms. The molecular formula is C7H14N2O4. The van der Waals surface area contributed by atoms with Gasteiger partial charge in [0.15, 0.2) is 0 Å². The smallest absolute Gasteiger partial charge is 0.406 e. The largest absolute Gasteiger partial charge is 0.480 e. The van der Waals surface area contributed by atoms with Gasteiger partial charge in [-0.25, -0.2) is 4.79 Å². The first-order valence-corrected chi connectivity index (χ1v) is 3.88. The molecule has 0 aromatic heterocycles. The zero-order valence-electron chi connectivity index (χ0n) is 7.45. The second kappa shape index (κ2) is 6.24. The number of methoxy groups -OCH3 is 1. The number of alkyl carbamates (subject to hydrolysis) is 1. The fraction of sp³-hybridized carbons (Fsp3) is 0.714. The zero-order valence-corrected chi connectivity index (χ0v) is 7.45. The van der Waals surface area contributed by atoms with Crippen molar-refractivity contribution in [2.24, 2.45) is 5.73 Å². The van der Waals surface area contributed by atoms with E-state index in [2.05, 4.69) is 10.1 Å². The summed E-state index contributed by atoms with van der Waals surface area (Å²) in [4.78, 5) is 20.8. The molecule has 0 aliphatic rings. The average molecular weight is 190 g/mol. The van der Waals surface area contributed by atoms with Crippen molar-refractivity contribution < 1.29 is 19.4 Å². The first-order chi connectivity index (χ1) is 6.07. The van der Waals surface area contributed by atoms with Crippen LogP contribution in [0.25, 0.3) is 0 Å². The summed E-state index contributed by atoms with van der Waals surface area (Å²) in [6.07, 6.45) is 0.325. The molecule has 1 unspecified atom stereocenters. The first-order valence-electron chi connectivity index (χ1n) is 3.88. The number of amides is 1. The van der Waals surface area contributed by atoms with E-state index in [0.29, 0.717) is 19.4 Å². The number of carbonyl (C=O) groups excluding carboxylic acids is 1. The Morgan fingerprint density at radius 3 is 2.69 bits per heavy atom. The maximum absolute atomic E-state index is 10.5. The molecule has 1 amide bonds. The quantitative estimate of drug-likeness (QED) is 0.509. The van der Waals surface area contributed by atoms with E-state index >= 15 is 0 Å². The zero-order chi connectivity index (χ0) is 10.3. The van der Waals surface area contributed by atoms with Gasteiger partial charge in [0, 0.05) is 6.54 Å². The molecule has 13 heavy (non-hydrogen) atoms. The monoisotopic (exact) mass is 190 g/mol. The highest BCUT2D eigenvalue weighted by molar-refractivity contribution is 5.73. The van der Waals surface area contributed by atoms with Crippen LogP contribution in [0.15, 0.2) is 0 Å². The lowest BCUT2D eigenvalue weighted by atomic mass is 10.2. The number of aliphatic carboxylic acids is 1. The van der Waals surface area contributed by atoms with E-state index in [9.17, 15) is 9.59 Å². The van der Waals surface area contributed by atoms with Crippen molar-refractivity contribution in [3.63, 3.8) is 0 Å². The molecule has 6 heteroatoms.